The van der Waals surface area contributed by atoms with Crippen molar-refractivity contribution in [2.45, 2.75) is 44.8 Å². The first kappa shape index (κ1) is 29.0. The van der Waals surface area contributed by atoms with Gasteiger partial charge in [-0.2, -0.15) is 0 Å². The Labute approximate surface area is 236 Å². The highest BCUT2D eigenvalue weighted by molar-refractivity contribution is 5.92. The summed E-state index contributed by atoms with van der Waals surface area (Å²) in [5.74, 6) is -3.04. The molecule has 0 spiro atoms. The molecule has 10 nitrogen and oxygen atoms in total. The van der Waals surface area contributed by atoms with E-state index in [9.17, 15) is 29.1 Å². The molecule has 4 N–H and O–H groups in total. The lowest BCUT2D eigenvalue weighted by Crippen LogP contribution is -2.56. The van der Waals surface area contributed by atoms with E-state index < -0.39 is 53.1 Å². The zero-order valence-electron chi connectivity index (χ0n) is 22.7. The lowest BCUT2D eigenvalue weighted by atomic mass is 10.0. The molecule has 0 saturated carbocycles. The second-order valence-electron chi connectivity index (χ2n) is 10.2. The number of carboxylic acid groups (broad SMARTS) is 1. The SMILES string of the molecule is CC(C)[C@@H](NC(=O)[C@H](Cc1ccccc1)NC(=O)[C@@H](Cc1ccccc1)n1c(=O)[nH]c2ccccc2c1=O)C(=O)O. The Morgan fingerprint density at radius 2 is 1.34 bits per heavy atom. The van der Waals surface area contributed by atoms with E-state index in [2.05, 4.69) is 15.6 Å². The van der Waals surface area contributed by atoms with Crippen LogP contribution in [-0.4, -0.2) is 44.5 Å². The highest BCUT2D eigenvalue weighted by Crippen LogP contribution is 2.15. The van der Waals surface area contributed by atoms with Crippen LogP contribution in [0.4, 0.5) is 0 Å². The molecule has 0 aliphatic carbocycles. The van der Waals surface area contributed by atoms with Crippen LogP contribution in [0.3, 0.4) is 0 Å². The first-order valence-electron chi connectivity index (χ1n) is 13.3. The van der Waals surface area contributed by atoms with Crippen molar-refractivity contribution in [3.05, 3.63) is 117 Å². The molecule has 10 heteroatoms. The van der Waals surface area contributed by atoms with Crippen LogP contribution < -0.4 is 21.9 Å². The molecule has 212 valence electrons. The minimum atomic E-state index is -1.30. The van der Waals surface area contributed by atoms with E-state index in [4.69, 9.17) is 0 Å². The number of carbonyl (C=O) groups excluding carboxylic acids is 2. The van der Waals surface area contributed by atoms with Gasteiger partial charge in [0.05, 0.1) is 10.9 Å². The van der Waals surface area contributed by atoms with Crippen molar-refractivity contribution in [2.75, 3.05) is 0 Å². The molecule has 4 aromatic rings. The van der Waals surface area contributed by atoms with Crippen molar-refractivity contribution in [1.29, 1.82) is 0 Å². The number of carboxylic acids is 1. The number of nitrogens with zero attached hydrogens (tertiary/aromatic N) is 1. The maximum Gasteiger partial charge on any atom is 0.329 e. The molecule has 4 rings (SSSR count). The maximum absolute atomic E-state index is 13.9. The summed E-state index contributed by atoms with van der Waals surface area (Å²) in [5.41, 5.74) is 0.355. The standard InChI is InChI=1S/C31H32N4O6/c1-19(2)26(30(39)40)34-27(36)24(17-20-11-5-3-6-12-20)32-28(37)25(18-21-13-7-4-8-14-21)35-29(38)22-15-9-10-16-23(22)33-31(35)41/h3-16,19,24-26H,17-18H2,1-2H3,(H,32,37)(H,33,41)(H,34,36)(H,39,40)/t24-,25+,26+/m0/s1. The molecule has 1 aromatic heterocycles. The van der Waals surface area contributed by atoms with Crippen LogP contribution in [0.25, 0.3) is 10.9 Å². The first-order valence-corrected chi connectivity index (χ1v) is 13.3. The third kappa shape index (κ3) is 6.96. The Morgan fingerprint density at radius 3 is 1.93 bits per heavy atom. The molecule has 0 radical (unpaired) electrons. The first-order chi connectivity index (χ1) is 19.7. The van der Waals surface area contributed by atoms with Crippen molar-refractivity contribution < 1.29 is 19.5 Å². The summed E-state index contributed by atoms with van der Waals surface area (Å²) in [6.45, 7) is 3.33. The number of H-pyrrole nitrogens is 1. The number of aromatic nitrogens is 2. The fourth-order valence-electron chi connectivity index (χ4n) is 4.69. The van der Waals surface area contributed by atoms with Crippen LogP contribution in [-0.2, 0) is 27.2 Å². The highest BCUT2D eigenvalue weighted by Gasteiger charge is 2.32. The molecular formula is C31H32N4O6. The molecule has 0 saturated heterocycles. The summed E-state index contributed by atoms with van der Waals surface area (Å²) in [6, 6.07) is 20.7. The van der Waals surface area contributed by atoms with Gasteiger partial charge in [0.2, 0.25) is 11.8 Å². The topological polar surface area (TPSA) is 150 Å². The number of benzene rings is 3. The monoisotopic (exact) mass is 556 g/mol. The van der Waals surface area contributed by atoms with Gasteiger partial charge >= 0.3 is 11.7 Å². The molecule has 3 atom stereocenters. The quantitative estimate of drug-likeness (QED) is 0.223. The average Bonchev–Trinajstić information content (AvgIpc) is 2.95. The van der Waals surface area contributed by atoms with Crippen molar-refractivity contribution in [2.24, 2.45) is 5.92 Å². The van der Waals surface area contributed by atoms with Crippen molar-refractivity contribution >= 4 is 28.7 Å². The van der Waals surface area contributed by atoms with E-state index in [-0.39, 0.29) is 18.2 Å². The van der Waals surface area contributed by atoms with Crippen molar-refractivity contribution in [1.82, 2.24) is 20.2 Å². The summed E-state index contributed by atoms with van der Waals surface area (Å²) >= 11 is 0. The smallest absolute Gasteiger partial charge is 0.329 e. The summed E-state index contributed by atoms with van der Waals surface area (Å²) in [4.78, 5) is 68.5. The Balaban J connectivity index is 1.74. The number of fused-ring (bicyclic) bond motifs is 1. The molecule has 2 amide bonds. The van der Waals surface area contributed by atoms with Crippen LogP contribution in [0, 0.1) is 5.92 Å². The summed E-state index contributed by atoms with van der Waals surface area (Å²) in [5, 5.41) is 15.1. The second-order valence-corrected chi connectivity index (χ2v) is 10.2. The molecule has 0 unspecified atom stereocenters. The van der Waals surface area contributed by atoms with Gasteiger partial charge in [-0.25, -0.2) is 14.2 Å². The largest absolute Gasteiger partial charge is 0.480 e. The van der Waals surface area contributed by atoms with E-state index >= 15 is 0 Å². The van der Waals surface area contributed by atoms with E-state index in [1.54, 1.807) is 92.7 Å². The van der Waals surface area contributed by atoms with Gasteiger partial charge < -0.3 is 20.7 Å². The van der Waals surface area contributed by atoms with Crippen molar-refractivity contribution in [3.8, 4) is 0 Å². The normalized spacial score (nSPS) is 13.3. The predicted octanol–water partition coefficient (Wildman–Crippen LogP) is 2.43. The zero-order valence-corrected chi connectivity index (χ0v) is 22.7. The van der Waals surface area contributed by atoms with Crippen molar-refractivity contribution in [3.63, 3.8) is 0 Å². The average molecular weight is 557 g/mol. The number of amides is 2. The molecular weight excluding hydrogens is 524 g/mol. The van der Waals surface area contributed by atoms with Crippen LogP contribution in [0.5, 0.6) is 0 Å². The van der Waals surface area contributed by atoms with Crippen LogP contribution in [0.2, 0.25) is 0 Å². The van der Waals surface area contributed by atoms with E-state index in [1.807, 2.05) is 6.07 Å². The lowest BCUT2D eigenvalue weighted by molar-refractivity contribution is -0.143. The third-order valence-corrected chi connectivity index (χ3v) is 6.87. The van der Waals surface area contributed by atoms with Gasteiger partial charge in [0, 0.05) is 12.8 Å². The summed E-state index contributed by atoms with van der Waals surface area (Å²) in [6.07, 6.45) is 0.0568. The van der Waals surface area contributed by atoms with Crippen LogP contribution in [0.15, 0.2) is 94.5 Å². The van der Waals surface area contributed by atoms with Gasteiger partial charge in [-0.1, -0.05) is 86.6 Å². The molecule has 0 bridgehead atoms. The third-order valence-electron chi connectivity index (χ3n) is 6.87. The number of carbonyl (C=O) groups is 3. The molecule has 0 aliphatic heterocycles. The zero-order chi connectivity index (χ0) is 29.5. The number of aliphatic carboxylic acids is 1. The fourth-order valence-corrected chi connectivity index (χ4v) is 4.69. The number of rotatable bonds is 11. The molecule has 41 heavy (non-hydrogen) atoms. The Kier molecular flexibility index (Phi) is 9.13. The van der Waals surface area contributed by atoms with Gasteiger partial charge in [-0.05, 0) is 29.2 Å². The molecule has 3 aromatic carbocycles. The van der Waals surface area contributed by atoms with E-state index in [1.165, 1.54) is 0 Å². The highest BCUT2D eigenvalue weighted by atomic mass is 16.4. The molecule has 0 aliphatic rings. The number of aromatic amines is 1. The Bertz CT molecular complexity index is 1650. The predicted molar refractivity (Wildman–Crippen MR) is 154 cm³/mol. The van der Waals surface area contributed by atoms with E-state index in [0.29, 0.717) is 11.1 Å². The maximum atomic E-state index is 13.9. The van der Waals surface area contributed by atoms with E-state index in [0.717, 1.165) is 10.1 Å². The van der Waals surface area contributed by atoms with Gasteiger partial charge in [-0.15, -0.1) is 0 Å². The number of nitrogens with one attached hydrogen (secondary N) is 3. The summed E-state index contributed by atoms with van der Waals surface area (Å²) in [7, 11) is 0. The van der Waals surface area contributed by atoms with Crippen LogP contribution in [0.1, 0.15) is 31.0 Å². The lowest BCUT2D eigenvalue weighted by Gasteiger charge is -2.26. The van der Waals surface area contributed by atoms with Gasteiger partial charge in [0.1, 0.15) is 18.1 Å². The Morgan fingerprint density at radius 1 is 0.780 bits per heavy atom. The molecule has 0 fully saturated rings. The number of hydrogen-bond acceptors (Lipinski definition) is 5. The number of hydrogen-bond donors (Lipinski definition) is 4. The fraction of sp³-hybridized carbons (Fsp3) is 0.258. The minimum absolute atomic E-state index is 0.00256. The summed E-state index contributed by atoms with van der Waals surface area (Å²) < 4.78 is 0.871. The second kappa shape index (κ2) is 12.9. The number of para-hydroxylation sites is 1. The van der Waals surface area contributed by atoms with Crippen LogP contribution >= 0.6 is 0 Å². The minimum Gasteiger partial charge on any atom is -0.480 e. The van der Waals surface area contributed by atoms with Gasteiger partial charge in [0.15, 0.2) is 0 Å². The van der Waals surface area contributed by atoms with Gasteiger partial charge in [-0.3, -0.25) is 14.4 Å². The van der Waals surface area contributed by atoms with Gasteiger partial charge in [0.25, 0.3) is 5.56 Å². The molecule has 1 heterocycles. The Hall–Kier alpha value is -4.99.